The monoisotopic (exact) mass is 546 g/mol. The number of benzene rings is 1. The summed E-state index contributed by atoms with van der Waals surface area (Å²) in [6, 6.07) is 5.54. The number of hydrogen-bond acceptors (Lipinski definition) is 9. The van der Waals surface area contributed by atoms with Crippen LogP contribution in [0.4, 0.5) is 17.3 Å². The number of fused-ring (bicyclic) bond motifs is 1. The Hall–Kier alpha value is -3.02. The van der Waals surface area contributed by atoms with Crippen molar-refractivity contribution in [3.63, 3.8) is 0 Å². The van der Waals surface area contributed by atoms with Crippen LogP contribution < -0.4 is 15.4 Å². The van der Waals surface area contributed by atoms with Gasteiger partial charge in [-0.05, 0) is 43.3 Å². The van der Waals surface area contributed by atoms with Crippen molar-refractivity contribution in [3.8, 4) is 5.75 Å². The molecule has 3 heterocycles. The van der Waals surface area contributed by atoms with Crippen LogP contribution in [-0.4, -0.2) is 58.2 Å². The molecule has 0 fully saturated rings. The van der Waals surface area contributed by atoms with Crippen LogP contribution in [-0.2, 0) is 6.54 Å². The lowest BCUT2D eigenvalue weighted by Gasteiger charge is -2.15. The van der Waals surface area contributed by atoms with E-state index in [1.165, 1.54) is 24.8 Å². The third-order valence-electron chi connectivity index (χ3n) is 5.41. The number of ether oxygens (including phenoxy) is 1. The predicted octanol–water partition coefficient (Wildman–Crippen LogP) is 5.13. The summed E-state index contributed by atoms with van der Waals surface area (Å²) in [6.07, 6.45) is 3.10. The summed E-state index contributed by atoms with van der Waals surface area (Å²) in [7, 11) is 3.43. The standard InChI is InChI=1S/C24H24Cl2N6O3S/c1-13-8-16(35-3)19(26)21(18(13)25)31-24(34)15-11-36-22-20(15)28-12-29-23(22)30-17-9-14(4-5-27-17)10-32(2)6-7-33/h4-5,8-9,11-12,33H,6-7,10H2,1-3H3,(H,31,34)(H,27,28,29,30). The summed E-state index contributed by atoms with van der Waals surface area (Å²) in [4.78, 5) is 28.3. The highest BCUT2D eigenvalue weighted by Gasteiger charge is 2.21. The number of carbonyl (C=O) groups is 1. The van der Waals surface area contributed by atoms with Crippen LogP contribution >= 0.6 is 34.5 Å². The smallest absolute Gasteiger partial charge is 0.258 e. The number of nitrogens with zero attached hydrogens (tertiary/aromatic N) is 4. The minimum Gasteiger partial charge on any atom is -0.495 e. The fourth-order valence-electron chi connectivity index (χ4n) is 3.60. The first-order valence-corrected chi connectivity index (χ1v) is 12.5. The maximum Gasteiger partial charge on any atom is 0.258 e. The van der Waals surface area contributed by atoms with E-state index in [0.29, 0.717) is 51.3 Å². The zero-order chi connectivity index (χ0) is 25.8. The van der Waals surface area contributed by atoms with Gasteiger partial charge in [-0.3, -0.25) is 9.69 Å². The number of aryl methyl sites for hydroxylation is 1. The number of pyridine rings is 1. The van der Waals surface area contributed by atoms with Gasteiger partial charge in [0.2, 0.25) is 0 Å². The third-order valence-corrected chi connectivity index (χ3v) is 7.25. The van der Waals surface area contributed by atoms with Crippen LogP contribution in [0.15, 0.2) is 36.1 Å². The number of aliphatic hydroxyl groups is 1. The summed E-state index contributed by atoms with van der Waals surface area (Å²) >= 11 is 14.2. The Morgan fingerprint density at radius 1 is 1.22 bits per heavy atom. The number of likely N-dealkylation sites (N-methyl/N-ethyl adjacent to an activating group) is 1. The molecular weight excluding hydrogens is 523 g/mol. The second kappa shape index (κ2) is 11.4. The Labute approximate surface area is 222 Å². The number of amides is 1. The molecule has 0 unspecified atom stereocenters. The van der Waals surface area contributed by atoms with Crippen molar-refractivity contribution in [2.75, 3.05) is 37.9 Å². The molecule has 3 aromatic heterocycles. The van der Waals surface area contributed by atoms with E-state index in [4.69, 9.17) is 33.0 Å². The molecule has 36 heavy (non-hydrogen) atoms. The second-order valence-electron chi connectivity index (χ2n) is 8.04. The molecule has 0 saturated carbocycles. The highest BCUT2D eigenvalue weighted by atomic mass is 35.5. The van der Waals surface area contributed by atoms with Gasteiger partial charge in [-0.25, -0.2) is 15.0 Å². The maximum absolute atomic E-state index is 13.2. The lowest BCUT2D eigenvalue weighted by atomic mass is 10.2. The summed E-state index contributed by atoms with van der Waals surface area (Å²) in [5, 5.41) is 17.4. The maximum atomic E-state index is 13.2. The highest BCUT2D eigenvalue weighted by molar-refractivity contribution is 7.18. The van der Waals surface area contributed by atoms with E-state index in [2.05, 4.69) is 25.6 Å². The van der Waals surface area contributed by atoms with Crippen LogP contribution in [0.25, 0.3) is 10.2 Å². The van der Waals surface area contributed by atoms with Gasteiger partial charge < -0.3 is 20.5 Å². The van der Waals surface area contributed by atoms with Gasteiger partial charge in [-0.1, -0.05) is 23.2 Å². The first kappa shape index (κ1) is 26.1. The molecule has 0 aliphatic carbocycles. The molecule has 9 nitrogen and oxygen atoms in total. The number of hydrogen-bond donors (Lipinski definition) is 3. The number of halogens is 2. The molecule has 0 saturated heterocycles. The second-order valence-corrected chi connectivity index (χ2v) is 9.67. The van der Waals surface area contributed by atoms with E-state index in [-0.39, 0.29) is 17.3 Å². The van der Waals surface area contributed by atoms with Crippen molar-refractivity contribution >= 4 is 68.0 Å². The van der Waals surface area contributed by atoms with Crippen molar-refractivity contribution in [1.29, 1.82) is 0 Å². The molecule has 0 spiro atoms. The van der Waals surface area contributed by atoms with Crippen LogP contribution in [0.3, 0.4) is 0 Å². The molecule has 0 bridgehead atoms. The Balaban J connectivity index is 1.60. The molecule has 3 N–H and O–H groups in total. The molecular formula is C24H24Cl2N6O3S. The molecule has 4 aromatic rings. The number of methoxy groups -OCH3 is 1. The van der Waals surface area contributed by atoms with E-state index in [0.717, 1.165) is 11.1 Å². The van der Waals surface area contributed by atoms with Crippen molar-refractivity contribution < 1.29 is 14.6 Å². The van der Waals surface area contributed by atoms with Crippen molar-refractivity contribution in [2.24, 2.45) is 0 Å². The van der Waals surface area contributed by atoms with Gasteiger partial charge in [0.15, 0.2) is 5.82 Å². The van der Waals surface area contributed by atoms with E-state index in [1.54, 1.807) is 24.6 Å². The van der Waals surface area contributed by atoms with Gasteiger partial charge in [0.25, 0.3) is 5.91 Å². The SMILES string of the molecule is COc1cc(C)c(Cl)c(NC(=O)c2csc3c(Nc4cc(CN(C)CCO)ccn4)ncnc23)c1Cl. The van der Waals surface area contributed by atoms with Gasteiger partial charge >= 0.3 is 0 Å². The minimum atomic E-state index is -0.408. The number of nitrogens with one attached hydrogen (secondary N) is 2. The first-order valence-electron chi connectivity index (χ1n) is 10.9. The third kappa shape index (κ3) is 5.53. The number of aromatic nitrogens is 3. The van der Waals surface area contributed by atoms with Crippen LogP contribution in [0.1, 0.15) is 21.5 Å². The van der Waals surface area contributed by atoms with Crippen LogP contribution in [0, 0.1) is 6.92 Å². The number of anilines is 3. The number of rotatable bonds is 9. The highest BCUT2D eigenvalue weighted by Crippen LogP contribution is 2.41. The van der Waals surface area contributed by atoms with Gasteiger partial charge in [0.1, 0.15) is 22.9 Å². The molecule has 1 amide bonds. The summed E-state index contributed by atoms with van der Waals surface area (Å²) in [6.45, 7) is 3.13. The van der Waals surface area contributed by atoms with Crippen molar-refractivity contribution in [1.82, 2.24) is 19.9 Å². The molecule has 0 aliphatic rings. The van der Waals surface area contributed by atoms with Gasteiger partial charge in [0.05, 0.1) is 40.2 Å². The van der Waals surface area contributed by atoms with E-state index in [1.807, 2.05) is 24.1 Å². The minimum absolute atomic E-state index is 0.0930. The lowest BCUT2D eigenvalue weighted by molar-refractivity contribution is 0.102. The molecule has 188 valence electrons. The number of aliphatic hydroxyl groups excluding tert-OH is 1. The quantitative estimate of drug-likeness (QED) is 0.265. The molecule has 4 rings (SSSR count). The lowest BCUT2D eigenvalue weighted by Crippen LogP contribution is -2.21. The molecule has 0 atom stereocenters. The predicted molar refractivity (Wildman–Crippen MR) is 144 cm³/mol. The van der Waals surface area contributed by atoms with Crippen LogP contribution in [0.2, 0.25) is 10.0 Å². The average molecular weight is 547 g/mol. The van der Waals surface area contributed by atoms with E-state index in [9.17, 15) is 4.79 Å². The molecule has 12 heteroatoms. The van der Waals surface area contributed by atoms with Gasteiger partial charge in [-0.2, -0.15) is 0 Å². The normalized spacial score (nSPS) is 11.2. The number of carbonyl (C=O) groups excluding carboxylic acids is 1. The summed E-state index contributed by atoms with van der Waals surface area (Å²) in [5.41, 5.74) is 2.87. The summed E-state index contributed by atoms with van der Waals surface area (Å²) < 4.78 is 5.99. The van der Waals surface area contributed by atoms with Gasteiger partial charge in [-0.15, -0.1) is 11.3 Å². The fourth-order valence-corrected chi connectivity index (χ4v) is 5.07. The fraction of sp³-hybridized carbons (Fsp3) is 0.250. The van der Waals surface area contributed by atoms with E-state index < -0.39 is 5.91 Å². The Morgan fingerprint density at radius 2 is 2.03 bits per heavy atom. The topological polar surface area (TPSA) is 112 Å². The zero-order valence-electron chi connectivity index (χ0n) is 19.8. The Morgan fingerprint density at radius 3 is 2.78 bits per heavy atom. The Bertz CT molecular complexity index is 1410. The van der Waals surface area contributed by atoms with Crippen molar-refractivity contribution in [2.45, 2.75) is 13.5 Å². The van der Waals surface area contributed by atoms with Crippen molar-refractivity contribution in [3.05, 3.63) is 62.8 Å². The number of thiophene rings is 1. The van der Waals surface area contributed by atoms with Crippen LogP contribution in [0.5, 0.6) is 5.75 Å². The largest absolute Gasteiger partial charge is 0.495 e. The molecule has 1 aromatic carbocycles. The van der Waals surface area contributed by atoms with E-state index >= 15 is 0 Å². The molecule has 0 aliphatic heterocycles. The Kier molecular flexibility index (Phi) is 8.22. The average Bonchev–Trinajstić information content (AvgIpc) is 3.30. The summed E-state index contributed by atoms with van der Waals surface area (Å²) in [5.74, 6) is 1.14. The zero-order valence-corrected chi connectivity index (χ0v) is 22.1. The first-order chi connectivity index (χ1) is 17.3. The van der Waals surface area contributed by atoms with Gasteiger partial charge in [0, 0.05) is 24.7 Å². The molecule has 0 radical (unpaired) electrons.